The van der Waals surface area contributed by atoms with Crippen molar-refractivity contribution in [2.45, 2.75) is 39.7 Å². The second-order valence-electron chi connectivity index (χ2n) is 5.65. The van der Waals surface area contributed by atoms with Gasteiger partial charge >= 0.3 is 0 Å². The average Bonchev–Trinajstić information content (AvgIpc) is 2.83. The molecule has 0 spiro atoms. The van der Waals surface area contributed by atoms with Crippen LogP contribution in [0.1, 0.15) is 32.3 Å². The summed E-state index contributed by atoms with van der Waals surface area (Å²) < 4.78 is 0.983. The highest BCUT2D eigenvalue weighted by Crippen LogP contribution is 2.25. The number of rotatable bonds is 4. The fourth-order valence-electron chi connectivity index (χ4n) is 2.56. The van der Waals surface area contributed by atoms with Crippen molar-refractivity contribution in [1.82, 2.24) is 4.90 Å². The smallest absolute Gasteiger partial charge is 0.229 e. The van der Waals surface area contributed by atoms with Crippen molar-refractivity contribution in [2.75, 3.05) is 11.9 Å². The van der Waals surface area contributed by atoms with Crippen molar-refractivity contribution < 1.29 is 9.59 Å². The first kappa shape index (κ1) is 16.0. The normalized spacial score (nSPS) is 19.7. The minimum absolute atomic E-state index is 0.0698. The number of benzene rings is 1. The van der Waals surface area contributed by atoms with Gasteiger partial charge in [-0.05, 0) is 44.0 Å². The quantitative estimate of drug-likeness (QED) is 0.903. The van der Waals surface area contributed by atoms with E-state index >= 15 is 0 Å². The summed E-state index contributed by atoms with van der Waals surface area (Å²) in [7, 11) is 0. The lowest BCUT2D eigenvalue weighted by Gasteiger charge is -2.23. The molecule has 2 amide bonds. The van der Waals surface area contributed by atoms with Gasteiger partial charge in [-0.15, -0.1) is 0 Å². The highest BCUT2D eigenvalue weighted by molar-refractivity contribution is 9.10. The van der Waals surface area contributed by atoms with E-state index in [1.165, 1.54) is 0 Å². The van der Waals surface area contributed by atoms with Crippen molar-refractivity contribution in [3.8, 4) is 0 Å². The van der Waals surface area contributed by atoms with Crippen LogP contribution < -0.4 is 5.32 Å². The van der Waals surface area contributed by atoms with E-state index in [0.29, 0.717) is 13.0 Å². The van der Waals surface area contributed by atoms with Gasteiger partial charge in [-0.1, -0.05) is 22.9 Å². The van der Waals surface area contributed by atoms with Gasteiger partial charge < -0.3 is 10.2 Å². The van der Waals surface area contributed by atoms with E-state index in [1.807, 2.05) is 36.9 Å². The van der Waals surface area contributed by atoms with E-state index in [-0.39, 0.29) is 23.8 Å². The number of nitrogens with zero attached hydrogens (tertiary/aromatic N) is 1. The molecule has 1 fully saturated rings. The molecular formula is C16H21BrN2O2. The van der Waals surface area contributed by atoms with E-state index < -0.39 is 0 Å². The standard InChI is InChI=1S/C16H21BrN2O2/c1-4-11(3)19-9-12(8-15(19)20)16(21)18-14-6-5-13(17)7-10(14)2/h5-7,11-12H,4,8-9H2,1-3H3,(H,18,21). The minimum Gasteiger partial charge on any atom is -0.339 e. The predicted octanol–water partition coefficient (Wildman–Crippen LogP) is 3.34. The maximum absolute atomic E-state index is 12.4. The molecule has 0 saturated carbocycles. The Morgan fingerprint density at radius 1 is 1.52 bits per heavy atom. The van der Waals surface area contributed by atoms with Gasteiger partial charge in [-0.3, -0.25) is 9.59 Å². The minimum atomic E-state index is -0.255. The molecule has 1 aliphatic rings. The number of aryl methyl sites for hydroxylation is 1. The molecule has 114 valence electrons. The van der Waals surface area contributed by atoms with E-state index in [1.54, 1.807) is 0 Å². The fourth-order valence-corrected chi connectivity index (χ4v) is 3.03. The van der Waals surface area contributed by atoms with Crippen LogP contribution in [0.25, 0.3) is 0 Å². The Morgan fingerprint density at radius 2 is 2.24 bits per heavy atom. The van der Waals surface area contributed by atoms with Crippen LogP contribution in [0.15, 0.2) is 22.7 Å². The van der Waals surface area contributed by atoms with Crippen molar-refractivity contribution in [3.63, 3.8) is 0 Å². The number of likely N-dealkylation sites (tertiary alicyclic amines) is 1. The highest BCUT2D eigenvalue weighted by atomic mass is 79.9. The molecule has 1 heterocycles. The third kappa shape index (κ3) is 3.64. The van der Waals surface area contributed by atoms with Crippen molar-refractivity contribution in [1.29, 1.82) is 0 Å². The third-order valence-corrected chi connectivity index (χ3v) is 4.59. The maximum Gasteiger partial charge on any atom is 0.229 e. The molecule has 5 heteroatoms. The van der Waals surface area contributed by atoms with Gasteiger partial charge in [-0.2, -0.15) is 0 Å². The largest absolute Gasteiger partial charge is 0.339 e. The first-order chi connectivity index (χ1) is 9.92. The summed E-state index contributed by atoms with van der Waals surface area (Å²) >= 11 is 3.40. The molecule has 1 saturated heterocycles. The van der Waals surface area contributed by atoms with Crippen molar-refractivity contribution in [2.24, 2.45) is 5.92 Å². The van der Waals surface area contributed by atoms with Crippen LogP contribution >= 0.6 is 15.9 Å². The summed E-state index contributed by atoms with van der Waals surface area (Å²) in [6.45, 7) is 6.55. The lowest BCUT2D eigenvalue weighted by atomic mass is 10.1. The van der Waals surface area contributed by atoms with E-state index in [0.717, 1.165) is 22.1 Å². The average molecular weight is 353 g/mol. The van der Waals surface area contributed by atoms with E-state index in [2.05, 4.69) is 28.2 Å². The zero-order valence-corrected chi connectivity index (χ0v) is 14.2. The van der Waals surface area contributed by atoms with Crippen molar-refractivity contribution in [3.05, 3.63) is 28.2 Å². The summed E-state index contributed by atoms with van der Waals surface area (Å²) in [4.78, 5) is 26.2. The van der Waals surface area contributed by atoms with E-state index in [4.69, 9.17) is 0 Å². The summed E-state index contributed by atoms with van der Waals surface area (Å²) in [6, 6.07) is 5.93. The van der Waals surface area contributed by atoms with Crippen LogP contribution in [0.3, 0.4) is 0 Å². The molecule has 0 aliphatic carbocycles. The van der Waals surface area contributed by atoms with Crippen LogP contribution in [0.4, 0.5) is 5.69 Å². The Kier molecular flexibility index (Phi) is 5.04. The van der Waals surface area contributed by atoms with Gasteiger partial charge in [0, 0.05) is 29.2 Å². The molecular weight excluding hydrogens is 332 g/mol. The molecule has 0 radical (unpaired) electrons. The van der Waals surface area contributed by atoms with Crippen LogP contribution in [0.5, 0.6) is 0 Å². The second kappa shape index (κ2) is 6.60. The molecule has 4 nitrogen and oxygen atoms in total. The maximum atomic E-state index is 12.4. The predicted molar refractivity (Wildman–Crippen MR) is 87.1 cm³/mol. The molecule has 0 aromatic heterocycles. The molecule has 1 aromatic carbocycles. The monoisotopic (exact) mass is 352 g/mol. The highest BCUT2D eigenvalue weighted by Gasteiger charge is 2.36. The number of carbonyl (C=O) groups excluding carboxylic acids is 2. The number of anilines is 1. The zero-order valence-electron chi connectivity index (χ0n) is 12.6. The van der Waals surface area contributed by atoms with Gasteiger partial charge in [0.15, 0.2) is 0 Å². The zero-order chi connectivity index (χ0) is 15.6. The number of halogens is 1. The summed E-state index contributed by atoms with van der Waals surface area (Å²) in [5.74, 6) is -0.244. The number of amides is 2. The first-order valence-corrected chi connectivity index (χ1v) is 8.08. The lowest BCUT2D eigenvalue weighted by molar-refractivity contribution is -0.129. The molecule has 0 bridgehead atoms. The molecule has 1 N–H and O–H groups in total. The number of nitrogens with one attached hydrogen (secondary N) is 1. The number of hydrogen-bond acceptors (Lipinski definition) is 2. The summed E-state index contributed by atoms with van der Waals surface area (Å²) in [5.41, 5.74) is 1.80. The van der Waals surface area contributed by atoms with Gasteiger partial charge in [0.1, 0.15) is 0 Å². The number of carbonyl (C=O) groups is 2. The molecule has 2 atom stereocenters. The van der Waals surface area contributed by atoms with Crippen LogP contribution in [0.2, 0.25) is 0 Å². The summed E-state index contributed by atoms with van der Waals surface area (Å²) in [5, 5.41) is 2.94. The van der Waals surface area contributed by atoms with Crippen LogP contribution in [-0.4, -0.2) is 29.3 Å². The molecule has 1 aromatic rings. The van der Waals surface area contributed by atoms with Crippen molar-refractivity contribution >= 4 is 33.4 Å². The Bertz CT molecular complexity index is 559. The molecule has 2 unspecified atom stereocenters. The van der Waals surface area contributed by atoms with E-state index in [9.17, 15) is 9.59 Å². The fraction of sp³-hybridized carbons (Fsp3) is 0.500. The Morgan fingerprint density at radius 3 is 2.86 bits per heavy atom. The molecule has 21 heavy (non-hydrogen) atoms. The number of hydrogen-bond donors (Lipinski definition) is 1. The lowest BCUT2D eigenvalue weighted by Crippen LogP contribution is -2.35. The first-order valence-electron chi connectivity index (χ1n) is 7.28. The van der Waals surface area contributed by atoms with Gasteiger partial charge in [0.05, 0.1) is 5.92 Å². The van der Waals surface area contributed by atoms with Gasteiger partial charge in [0.2, 0.25) is 11.8 Å². The Balaban J connectivity index is 2.03. The van der Waals surface area contributed by atoms with Crippen LogP contribution in [0, 0.1) is 12.8 Å². The Labute approximate surface area is 134 Å². The van der Waals surface area contributed by atoms with Crippen LogP contribution in [-0.2, 0) is 9.59 Å². The topological polar surface area (TPSA) is 49.4 Å². The van der Waals surface area contributed by atoms with Gasteiger partial charge in [-0.25, -0.2) is 0 Å². The molecule has 2 rings (SSSR count). The molecule has 1 aliphatic heterocycles. The van der Waals surface area contributed by atoms with Gasteiger partial charge in [0.25, 0.3) is 0 Å². The SMILES string of the molecule is CCC(C)N1CC(C(=O)Nc2ccc(Br)cc2C)CC1=O. The summed E-state index contributed by atoms with van der Waals surface area (Å²) in [6.07, 6.45) is 1.22. The second-order valence-corrected chi connectivity index (χ2v) is 6.57. The third-order valence-electron chi connectivity index (χ3n) is 4.10. The Hall–Kier alpha value is -1.36.